The summed E-state index contributed by atoms with van der Waals surface area (Å²) in [6.45, 7) is 5.92. The first-order valence-corrected chi connectivity index (χ1v) is 14.9. The number of aromatic amines is 1. The summed E-state index contributed by atoms with van der Waals surface area (Å²) >= 11 is 0. The number of carbonyl (C=O) groups excluding carboxylic acids is 1. The lowest BCUT2D eigenvalue weighted by Crippen LogP contribution is -2.31. The Kier molecular flexibility index (Phi) is 7.08. The van der Waals surface area contributed by atoms with Gasteiger partial charge in [-0.25, -0.2) is 17.9 Å². The number of aromatic nitrogens is 3. The summed E-state index contributed by atoms with van der Waals surface area (Å²) in [7, 11) is -3.84. The number of imidazole rings is 1. The van der Waals surface area contributed by atoms with Gasteiger partial charge in [0.2, 0.25) is 10.0 Å². The molecule has 5 rings (SSSR count). The molecule has 0 aliphatic heterocycles. The minimum atomic E-state index is -3.84. The molecular formula is C30H30N4O6S. The van der Waals surface area contributed by atoms with Gasteiger partial charge < -0.3 is 10.1 Å². The number of benzene rings is 3. The van der Waals surface area contributed by atoms with E-state index in [1.807, 2.05) is 37.8 Å². The minimum absolute atomic E-state index is 0.0158. The summed E-state index contributed by atoms with van der Waals surface area (Å²) in [5, 5.41) is 10.8. The topological polar surface area (TPSA) is 143 Å². The maximum atomic E-state index is 14.3. The number of aliphatic carboxylic acids is 1. The Morgan fingerprint density at radius 1 is 1.00 bits per heavy atom. The fourth-order valence-corrected chi connectivity index (χ4v) is 6.10. The van der Waals surface area contributed by atoms with E-state index >= 15 is 0 Å². The van der Waals surface area contributed by atoms with Gasteiger partial charge in [0.05, 0.1) is 35.8 Å². The molecule has 10 nitrogen and oxygen atoms in total. The molecule has 2 atom stereocenters. The standard InChI is InChI=1S/C30H30N4O6S/c1-17-12-18(2)28-22(16-31-23(28)13-17)19(3)33-24-11-10-21(29(37)32-41(4,39)40)14-26(24)34(30(33)38)25(15-27(35)36)20-8-6-5-7-9-20/h5-14,16,19,25,31H,15H2,1-4H3,(H,32,37)(H,35,36)/t19?,25-/m1/s1. The number of sulfonamides is 1. The number of carboxylic acids is 1. The average molecular weight is 575 g/mol. The van der Waals surface area contributed by atoms with Crippen LogP contribution in [0.25, 0.3) is 21.9 Å². The van der Waals surface area contributed by atoms with E-state index in [0.29, 0.717) is 16.6 Å². The molecule has 0 aliphatic rings. The van der Waals surface area contributed by atoms with Crippen molar-refractivity contribution in [1.29, 1.82) is 0 Å². The molecular weight excluding hydrogens is 544 g/mol. The van der Waals surface area contributed by atoms with Gasteiger partial charge in [0, 0.05) is 28.2 Å². The van der Waals surface area contributed by atoms with E-state index in [1.165, 1.54) is 16.7 Å². The molecule has 2 aromatic heterocycles. The number of hydrogen-bond acceptors (Lipinski definition) is 5. The highest BCUT2D eigenvalue weighted by Crippen LogP contribution is 2.33. The van der Waals surface area contributed by atoms with Gasteiger partial charge in [-0.2, -0.15) is 0 Å². The highest BCUT2D eigenvalue weighted by molar-refractivity contribution is 7.89. The number of nitrogens with one attached hydrogen (secondary N) is 2. The SMILES string of the molecule is Cc1cc(C)c2c(C(C)n3c(=O)n([C@H](CC(=O)O)c4ccccc4)c4cc(C(=O)NS(C)(=O)=O)ccc43)c[nH]c2c1. The maximum Gasteiger partial charge on any atom is 0.330 e. The number of nitrogens with zero attached hydrogens (tertiary/aromatic N) is 2. The van der Waals surface area contributed by atoms with Gasteiger partial charge in [0.1, 0.15) is 0 Å². The number of carbonyl (C=O) groups is 2. The van der Waals surface area contributed by atoms with Crippen LogP contribution in [0.5, 0.6) is 0 Å². The molecule has 41 heavy (non-hydrogen) atoms. The molecule has 0 fully saturated rings. The molecule has 0 radical (unpaired) electrons. The molecule has 0 spiro atoms. The third kappa shape index (κ3) is 5.28. The van der Waals surface area contributed by atoms with E-state index < -0.39 is 39.7 Å². The Morgan fingerprint density at radius 3 is 2.37 bits per heavy atom. The maximum absolute atomic E-state index is 14.3. The van der Waals surface area contributed by atoms with Gasteiger partial charge in [-0.3, -0.25) is 18.7 Å². The molecule has 1 amide bonds. The summed E-state index contributed by atoms with van der Waals surface area (Å²) in [6.07, 6.45) is 2.36. The molecule has 3 N–H and O–H groups in total. The second-order valence-electron chi connectivity index (χ2n) is 10.4. The number of fused-ring (bicyclic) bond motifs is 2. The van der Waals surface area contributed by atoms with E-state index in [1.54, 1.807) is 41.0 Å². The lowest BCUT2D eigenvalue weighted by molar-refractivity contribution is -0.137. The van der Waals surface area contributed by atoms with E-state index in [0.717, 1.165) is 33.8 Å². The Morgan fingerprint density at radius 2 is 1.71 bits per heavy atom. The van der Waals surface area contributed by atoms with Gasteiger partial charge in [-0.15, -0.1) is 0 Å². The average Bonchev–Trinajstić information content (AvgIpc) is 3.44. The van der Waals surface area contributed by atoms with Gasteiger partial charge in [-0.05, 0) is 61.7 Å². The molecule has 0 saturated carbocycles. The van der Waals surface area contributed by atoms with Crippen molar-refractivity contribution >= 4 is 43.8 Å². The molecule has 212 valence electrons. The van der Waals surface area contributed by atoms with Gasteiger partial charge in [0.15, 0.2) is 0 Å². The zero-order valence-electron chi connectivity index (χ0n) is 23.0. The number of H-pyrrole nitrogens is 1. The first-order valence-electron chi connectivity index (χ1n) is 13.0. The summed E-state index contributed by atoms with van der Waals surface area (Å²) in [5.41, 5.74) is 4.92. The third-order valence-electron chi connectivity index (χ3n) is 7.30. The highest BCUT2D eigenvalue weighted by Gasteiger charge is 2.28. The zero-order chi connectivity index (χ0) is 29.6. The van der Waals surface area contributed by atoms with Crippen LogP contribution in [0.15, 0.2) is 71.7 Å². The lowest BCUT2D eigenvalue weighted by atomic mass is 10.0. The van der Waals surface area contributed by atoms with E-state index in [-0.39, 0.29) is 12.0 Å². The van der Waals surface area contributed by atoms with Crippen LogP contribution in [-0.4, -0.2) is 45.8 Å². The van der Waals surface area contributed by atoms with Crippen molar-refractivity contribution < 1.29 is 23.1 Å². The molecule has 0 bridgehead atoms. The van der Waals surface area contributed by atoms with Crippen molar-refractivity contribution in [3.63, 3.8) is 0 Å². The monoisotopic (exact) mass is 574 g/mol. The van der Waals surface area contributed by atoms with E-state index in [9.17, 15) is 27.9 Å². The quantitative estimate of drug-likeness (QED) is 0.253. The number of carboxylic acid groups (broad SMARTS) is 1. The predicted molar refractivity (Wildman–Crippen MR) is 157 cm³/mol. The second kappa shape index (κ2) is 10.4. The van der Waals surface area contributed by atoms with Crippen LogP contribution in [0.2, 0.25) is 0 Å². The fourth-order valence-electron chi connectivity index (χ4n) is 5.65. The fraction of sp³-hybridized carbons (Fsp3) is 0.233. The first kappa shape index (κ1) is 27.9. The van der Waals surface area contributed by atoms with Crippen LogP contribution in [0, 0.1) is 13.8 Å². The van der Waals surface area contributed by atoms with Gasteiger partial charge in [-0.1, -0.05) is 36.4 Å². The summed E-state index contributed by atoms with van der Waals surface area (Å²) < 4.78 is 28.4. The van der Waals surface area contributed by atoms with Crippen molar-refractivity contribution in [2.75, 3.05) is 6.26 Å². The molecule has 3 aromatic carbocycles. The summed E-state index contributed by atoms with van der Waals surface area (Å²) in [4.78, 5) is 42.4. The van der Waals surface area contributed by atoms with Crippen molar-refractivity contribution in [2.24, 2.45) is 0 Å². The third-order valence-corrected chi connectivity index (χ3v) is 7.86. The Labute approximate surface area is 236 Å². The summed E-state index contributed by atoms with van der Waals surface area (Å²) in [6, 6.07) is 16.0. The minimum Gasteiger partial charge on any atom is -0.481 e. The Hall–Kier alpha value is -4.64. The van der Waals surface area contributed by atoms with Crippen molar-refractivity contribution in [3.8, 4) is 0 Å². The summed E-state index contributed by atoms with van der Waals surface area (Å²) in [5.74, 6) is -1.96. The van der Waals surface area contributed by atoms with Crippen molar-refractivity contribution in [2.45, 2.75) is 39.3 Å². The van der Waals surface area contributed by atoms with E-state index in [4.69, 9.17) is 0 Å². The smallest absolute Gasteiger partial charge is 0.330 e. The highest BCUT2D eigenvalue weighted by atomic mass is 32.2. The van der Waals surface area contributed by atoms with Gasteiger partial charge in [0.25, 0.3) is 5.91 Å². The zero-order valence-corrected chi connectivity index (χ0v) is 23.8. The molecule has 2 heterocycles. The van der Waals surface area contributed by atoms with Crippen LogP contribution in [-0.2, 0) is 14.8 Å². The number of hydrogen-bond donors (Lipinski definition) is 3. The Bertz CT molecular complexity index is 1990. The number of rotatable bonds is 8. The van der Waals surface area contributed by atoms with Crippen LogP contribution in [0.3, 0.4) is 0 Å². The number of aryl methyl sites for hydroxylation is 2. The normalized spacial score (nSPS) is 13.4. The van der Waals surface area contributed by atoms with E-state index in [2.05, 4.69) is 11.1 Å². The van der Waals surface area contributed by atoms with Crippen molar-refractivity contribution in [1.82, 2.24) is 18.8 Å². The molecule has 1 unspecified atom stereocenters. The number of amides is 1. The lowest BCUT2D eigenvalue weighted by Gasteiger charge is -2.18. The van der Waals surface area contributed by atoms with Crippen LogP contribution in [0.4, 0.5) is 0 Å². The Balaban J connectivity index is 1.79. The molecule has 5 aromatic rings. The molecule has 11 heteroatoms. The first-order chi connectivity index (χ1) is 19.4. The van der Waals surface area contributed by atoms with Crippen molar-refractivity contribution in [3.05, 3.63) is 105 Å². The van der Waals surface area contributed by atoms with Crippen LogP contribution >= 0.6 is 0 Å². The van der Waals surface area contributed by atoms with Crippen LogP contribution in [0.1, 0.15) is 58.0 Å². The molecule has 0 saturated heterocycles. The van der Waals surface area contributed by atoms with Crippen LogP contribution < -0.4 is 10.4 Å². The predicted octanol–water partition coefficient (Wildman–Crippen LogP) is 4.26. The second-order valence-corrected chi connectivity index (χ2v) is 12.1. The van der Waals surface area contributed by atoms with Gasteiger partial charge >= 0.3 is 11.7 Å². The molecule has 0 aliphatic carbocycles. The largest absolute Gasteiger partial charge is 0.481 e.